The van der Waals surface area contributed by atoms with Crippen molar-refractivity contribution in [2.75, 3.05) is 7.11 Å². The Balaban J connectivity index is 2.23. The zero-order valence-corrected chi connectivity index (χ0v) is 12.2. The van der Waals surface area contributed by atoms with E-state index >= 15 is 0 Å². The van der Waals surface area contributed by atoms with Gasteiger partial charge in [-0.15, -0.1) is 0 Å². The minimum atomic E-state index is -0.966. The molecule has 0 fully saturated rings. The van der Waals surface area contributed by atoms with Crippen LogP contribution >= 0.6 is 11.3 Å². The van der Waals surface area contributed by atoms with Gasteiger partial charge in [-0.25, -0.2) is 0 Å². The van der Waals surface area contributed by atoms with Crippen LogP contribution in [0.3, 0.4) is 0 Å². The second kappa shape index (κ2) is 6.85. The lowest BCUT2D eigenvalue weighted by molar-refractivity contribution is -0.136. The van der Waals surface area contributed by atoms with Gasteiger partial charge in [-0.2, -0.15) is 11.3 Å². The molecule has 108 valence electrons. The van der Waals surface area contributed by atoms with Crippen LogP contribution < -0.4 is 4.74 Å². The van der Waals surface area contributed by atoms with E-state index < -0.39 is 5.97 Å². The van der Waals surface area contributed by atoms with E-state index in [-0.39, 0.29) is 12.2 Å². The zero-order valence-electron chi connectivity index (χ0n) is 11.4. The van der Waals surface area contributed by atoms with Gasteiger partial charge in [-0.3, -0.25) is 9.59 Å². The van der Waals surface area contributed by atoms with Crippen molar-refractivity contribution in [2.45, 2.75) is 6.42 Å². The van der Waals surface area contributed by atoms with Gasteiger partial charge in [0, 0.05) is 11.1 Å². The summed E-state index contributed by atoms with van der Waals surface area (Å²) < 4.78 is 5.11. The summed E-state index contributed by atoms with van der Waals surface area (Å²) in [6, 6.07) is 6.72. The minimum absolute atomic E-state index is 0.171. The maximum atomic E-state index is 12.1. The van der Waals surface area contributed by atoms with Crippen LogP contribution in [0.25, 0.3) is 6.08 Å². The minimum Gasteiger partial charge on any atom is -0.496 e. The molecule has 0 aliphatic carbocycles. The number of carbonyl (C=O) groups is 2. The van der Waals surface area contributed by atoms with Crippen molar-refractivity contribution in [3.8, 4) is 5.75 Å². The molecule has 0 amide bonds. The molecule has 0 saturated heterocycles. The molecule has 1 aromatic carbocycles. The molecule has 1 N–H and O–H groups in total. The highest BCUT2D eigenvalue weighted by molar-refractivity contribution is 7.08. The number of carboxylic acid groups (broad SMARTS) is 1. The quantitative estimate of drug-likeness (QED) is 0.657. The van der Waals surface area contributed by atoms with Crippen LogP contribution in [0.15, 0.2) is 41.1 Å². The second-order valence-electron chi connectivity index (χ2n) is 4.35. The maximum Gasteiger partial charge on any atom is 0.307 e. The molecule has 0 radical (unpaired) electrons. The number of hydrogen-bond acceptors (Lipinski definition) is 4. The molecule has 2 rings (SSSR count). The van der Waals surface area contributed by atoms with Gasteiger partial charge in [0.15, 0.2) is 5.78 Å². The van der Waals surface area contributed by atoms with Gasteiger partial charge in [-0.05, 0) is 46.7 Å². The Morgan fingerprint density at radius 3 is 2.76 bits per heavy atom. The van der Waals surface area contributed by atoms with Gasteiger partial charge in [0.1, 0.15) is 5.75 Å². The zero-order chi connectivity index (χ0) is 15.2. The molecule has 2 aromatic rings. The second-order valence-corrected chi connectivity index (χ2v) is 5.13. The lowest BCUT2D eigenvalue weighted by Crippen LogP contribution is -2.04. The van der Waals surface area contributed by atoms with Gasteiger partial charge < -0.3 is 9.84 Å². The molecule has 0 unspecified atom stereocenters. The lowest BCUT2D eigenvalue weighted by atomic mass is 10.0. The van der Waals surface area contributed by atoms with Crippen molar-refractivity contribution in [1.29, 1.82) is 0 Å². The number of thiophene rings is 1. The van der Waals surface area contributed by atoms with Gasteiger partial charge in [0.05, 0.1) is 13.5 Å². The molecule has 21 heavy (non-hydrogen) atoms. The lowest BCUT2D eigenvalue weighted by Gasteiger charge is -2.07. The Bertz CT molecular complexity index is 672. The summed E-state index contributed by atoms with van der Waals surface area (Å²) >= 11 is 1.56. The topological polar surface area (TPSA) is 63.6 Å². The van der Waals surface area contributed by atoms with Crippen LogP contribution in [0.5, 0.6) is 5.75 Å². The largest absolute Gasteiger partial charge is 0.496 e. The van der Waals surface area contributed by atoms with Crippen LogP contribution in [0.4, 0.5) is 0 Å². The van der Waals surface area contributed by atoms with Crippen molar-refractivity contribution in [2.24, 2.45) is 0 Å². The highest BCUT2D eigenvalue weighted by atomic mass is 32.1. The predicted octanol–water partition coefficient (Wildman–Crippen LogP) is 3.28. The van der Waals surface area contributed by atoms with Crippen molar-refractivity contribution in [1.82, 2.24) is 0 Å². The predicted molar refractivity (Wildman–Crippen MR) is 82.0 cm³/mol. The van der Waals surface area contributed by atoms with Gasteiger partial charge in [0.2, 0.25) is 0 Å². The Kier molecular flexibility index (Phi) is 4.90. The first kappa shape index (κ1) is 15.0. The molecule has 4 nitrogen and oxygen atoms in total. The van der Waals surface area contributed by atoms with Crippen molar-refractivity contribution < 1.29 is 19.4 Å². The number of benzene rings is 1. The summed E-state index contributed by atoms with van der Waals surface area (Å²) in [6.45, 7) is 0. The molecule has 0 atom stereocenters. The Labute approximate surface area is 126 Å². The Morgan fingerprint density at radius 1 is 1.33 bits per heavy atom. The number of rotatable bonds is 6. The van der Waals surface area contributed by atoms with Gasteiger partial charge >= 0.3 is 5.97 Å². The molecule has 1 aromatic heterocycles. The first-order valence-electron chi connectivity index (χ1n) is 6.23. The van der Waals surface area contributed by atoms with E-state index in [1.807, 2.05) is 16.8 Å². The summed E-state index contributed by atoms with van der Waals surface area (Å²) in [6.07, 6.45) is 3.03. The van der Waals surface area contributed by atoms with E-state index in [1.54, 1.807) is 35.6 Å². The molecular weight excluding hydrogens is 288 g/mol. The third-order valence-electron chi connectivity index (χ3n) is 2.88. The molecule has 5 heteroatoms. The fourth-order valence-electron chi connectivity index (χ4n) is 1.87. The van der Waals surface area contributed by atoms with E-state index in [4.69, 9.17) is 9.84 Å². The fourth-order valence-corrected chi connectivity index (χ4v) is 2.50. The molecule has 0 saturated carbocycles. The van der Waals surface area contributed by atoms with Crippen molar-refractivity contribution in [3.05, 3.63) is 57.8 Å². The van der Waals surface area contributed by atoms with E-state index in [0.29, 0.717) is 16.9 Å². The van der Waals surface area contributed by atoms with E-state index in [2.05, 4.69) is 0 Å². The van der Waals surface area contributed by atoms with Crippen LogP contribution in [0.2, 0.25) is 0 Å². The highest BCUT2D eigenvalue weighted by Crippen LogP contribution is 2.21. The fraction of sp³-hybridized carbons (Fsp3) is 0.125. The van der Waals surface area contributed by atoms with Gasteiger partial charge in [0.25, 0.3) is 0 Å². The smallest absolute Gasteiger partial charge is 0.307 e. The summed E-state index contributed by atoms with van der Waals surface area (Å²) in [5.41, 5.74) is 1.89. The maximum absolute atomic E-state index is 12.1. The molecular formula is C16H14O4S. The van der Waals surface area contributed by atoms with Crippen LogP contribution in [0, 0.1) is 0 Å². The SMILES string of the molecule is COc1ccc(C(=O)C=Cc2ccsc2)cc1CC(=O)O. The summed E-state index contributed by atoms with van der Waals surface area (Å²) in [4.78, 5) is 23.0. The summed E-state index contributed by atoms with van der Waals surface area (Å²) in [7, 11) is 1.47. The molecule has 1 heterocycles. The molecule has 0 bridgehead atoms. The number of aliphatic carboxylic acids is 1. The van der Waals surface area contributed by atoms with Gasteiger partial charge in [-0.1, -0.05) is 6.08 Å². The first-order valence-corrected chi connectivity index (χ1v) is 7.17. The molecule has 0 spiro atoms. The van der Waals surface area contributed by atoms with Crippen LogP contribution in [-0.4, -0.2) is 24.0 Å². The van der Waals surface area contributed by atoms with E-state index in [0.717, 1.165) is 5.56 Å². The van der Waals surface area contributed by atoms with E-state index in [1.165, 1.54) is 13.2 Å². The number of ketones is 1. The molecule has 0 aliphatic rings. The van der Waals surface area contributed by atoms with Crippen LogP contribution in [-0.2, 0) is 11.2 Å². The molecule has 0 aliphatic heterocycles. The standard InChI is InChI=1S/C16H14O4S/c1-20-15-5-3-12(8-13(15)9-16(18)19)14(17)4-2-11-6-7-21-10-11/h2-8,10H,9H2,1H3,(H,18,19). The third kappa shape index (κ3) is 4.03. The number of hydrogen-bond donors (Lipinski definition) is 1. The average Bonchev–Trinajstić information content (AvgIpc) is 2.97. The number of ether oxygens (including phenoxy) is 1. The summed E-state index contributed by atoms with van der Waals surface area (Å²) in [5, 5.41) is 12.8. The number of allylic oxidation sites excluding steroid dienone is 1. The third-order valence-corrected chi connectivity index (χ3v) is 3.58. The first-order chi connectivity index (χ1) is 10.1. The number of carboxylic acids is 1. The highest BCUT2D eigenvalue weighted by Gasteiger charge is 2.11. The normalized spacial score (nSPS) is 10.7. The Hall–Kier alpha value is -2.40. The summed E-state index contributed by atoms with van der Waals surface area (Å²) in [5.74, 6) is -0.669. The van der Waals surface area contributed by atoms with Crippen molar-refractivity contribution in [3.63, 3.8) is 0 Å². The van der Waals surface area contributed by atoms with Crippen LogP contribution in [0.1, 0.15) is 21.5 Å². The van der Waals surface area contributed by atoms with E-state index in [9.17, 15) is 9.59 Å². The monoisotopic (exact) mass is 302 g/mol. The number of carbonyl (C=O) groups excluding carboxylic acids is 1. The average molecular weight is 302 g/mol. The van der Waals surface area contributed by atoms with Crippen molar-refractivity contribution >= 4 is 29.2 Å². The number of methoxy groups -OCH3 is 1. The Morgan fingerprint density at radius 2 is 2.14 bits per heavy atom.